The second-order valence-electron chi connectivity index (χ2n) is 5.54. The monoisotopic (exact) mass is 343 g/mol. The number of nitriles is 1. The number of amides is 1. The fourth-order valence-corrected chi connectivity index (χ4v) is 3.04. The van der Waals surface area contributed by atoms with Crippen molar-refractivity contribution < 1.29 is 9.18 Å². The molecule has 0 aromatic heterocycles. The summed E-state index contributed by atoms with van der Waals surface area (Å²) in [6, 6.07) is 13.7. The quantitative estimate of drug-likeness (QED) is 0.840. The number of anilines is 1. The lowest BCUT2D eigenvalue weighted by molar-refractivity contribution is 0.0742. The molecule has 0 aliphatic carbocycles. The van der Waals surface area contributed by atoms with Gasteiger partial charge < -0.3 is 9.80 Å². The molecule has 4 nitrogen and oxygen atoms in total. The van der Waals surface area contributed by atoms with Gasteiger partial charge in [0.2, 0.25) is 0 Å². The molecule has 0 N–H and O–H groups in total. The topological polar surface area (TPSA) is 47.3 Å². The van der Waals surface area contributed by atoms with E-state index >= 15 is 0 Å². The molecule has 1 amide bonds. The van der Waals surface area contributed by atoms with E-state index in [0.717, 1.165) is 5.69 Å². The molecule has 0 bridgehead atoms. The van der Waals surface area contributed by atoms with Gasteiger partial charge in [0.1, 0.15) is 5.82 Å². The van der Waals surface area contributed by atoms with Crippen molar-refractivity contribution in [2.75, 3.05) is 31.1 Å². The predicted molar refractivity (Wildman–Crippen MR) is 90.7 cm³/mol. The summed E-state index contributed by atoms with van der Waals surface area (Å²) in [7, 11) is 0. The van der Waals surface area contributed by atoms with Crippen LogP contribution in [0.3, 0.4) is 0 Å². The maximum Gasteiger partial charge on any atom is 0.258 e. The van der Waals surface area contributed by atoms with Gasteiger partial charge in [-0.2, -0.15) is 5.26 Å². The third-order valence-electron chi connectivity index (χ3n) is 4.08. The van der Waals surface area contributed by atoms with Crippen molar-refractivity contribution in [1.29, 1.82) is 5.26 Å². The Morgan fingerprint density at radius 3 is 2.50 bits per heavy atom. The lowest BCUT2D eigenvalue weighted by Crippen LogP contribution is -2.49. The van der Waals surface area contributed by atoms with Gasteiger partial charge in [-0.25, -0.2) is 4.39 Å². The minimum atomic E-state index is -0.600. The van der Waals surface area contributed by atoms with Crippen LogP contribution in [0, 0.1) is 17.1 Å². The number of nitrogens with zero attached hydrogens (tertiary/aromatic N) is 3. The summed E-state index contributed by atoms with van der Waals surface area (Å²) in [5.41, 5.74) is 1.48. The SMILES string of the molecule is N#Cc1cccc(N2CCN(C(=O)c3c(F)cccc3Cl)CC2)c1. The lowest BCUT2D eigenvalue weighted by Gasteiger charge is -2.36. The molecule has 0 radical (unpaired) electrons. The molecule has 24 heavy (non-hydrogen) atoms. The first-order chi connectivity index (χ1) is 11.6. The number of halogens is 2. The van der Waals surface area contributed by atoms with Crippen LogP contribution in [0.4, 0.5) is 10.1 Å². The number of carbonyl (C=O) groups is 1. The van der Waals surface area contributed by atoms with Crippen molar-refractivity contribution in [2.24, 2.45) is 0 Å². The van der Waals surface area contributed by atoms with Crippen LogP contribution in [0.25, 0.3) is 0 Å². The highest BCUT2D eigenvalue weighted by Gasteiger charge is 2.26. The number of hydrogen-bond acceptors (Lipinski definition) is 3. The van der Waals surface area contributed by atoms with E-state index in [1.165, 1.54) is 18.2 Å². The third kappa shape index (κ3) is 3.19. The summed E-state index contributed by atoms with van der Waals surface area (Å²) in [6.45, 7) is 2.18. The van der Waals surface area contributed by atoms with Crippen molar-refractivity contribution in [3.63, 3.8) is 0 Å². The molecule has 1 aliphatic rings. The molecule has 0 atom stereocenters. The van der Waals surface area contributed by atoms with Crippen LogP contribution >= 0.6 is 11.6 Å². The van der Waals surface area contributed by atoms with E-state index in [2.05, 4.69) is 11.0 Å². The normalized spacial score (nSPS) is 14.4. The molecule has 1 fully saturated rings. The number of carbonyl (C=O) groups excluding carboxylic acids is 1. The molecule has 1 heterocycles. The maximum absolute atomic E-state index is 13.9. The van der Waals surface area contributed by atoms with Crippen LogP contribution < -0.4 is 4.90 Å². The van der Waals surface area contributed by atoms with E-state index in [1.807, 2.05) is 18.2 Å². The van der Waals surface area contributed by atoms with E-state index in [-0.39, 0.29) is 16.5 Å². The van der Waals surface area contributed by atoms with Crippen molar-refractivity contribution in [3.8, 4) is 6.07 Å². The number of piperazine rings is 1. The van der Waals surface area contributed by atoms with Gasteiger partial charge in [0.15, 0.2) is 0 Å². The Morgan fingerprint density at radius 1 is 1.12 bits per heavy atom. The molecule has 0 unspecified atom stereocenters. The van der Waals surface area contributed by atoms with Gasteiger partial charge >= 0.3 is 0 Å². The minimum Gasteiger partial charge on any atom is -0.368 e. The summed E-state index contributed by atoms with van der Waals surface area (Å²) >= 11 is 5.97. The smallest absolute Gasteiger partial charge is 0.258 e. The molecule has 0 spiro atoms. The van der Waals surface area contributed by atoms with E-state index in [4.69, 9.17) is 16.9 Å². The van der Waals surface area contributed by atoms with E-state index < -0.39 is 5.82 Å². The fraction of sp³-hybridized carbons (Fsp3) is 0.222. The Balaban J connectivity index is 1.71. The minimum absolute atomic E-state index is 0.0703. The first-order valence-corrected chi connectivity index (χ1v) is 7.96. The number of rotatable bonds is 2. The Bertz CT molecular complexity index is 790. The molecule has 1 aliphatic heterocycles. The van der Waals surface area contributed by atoms with E-state index in [1.54, 1.807) is 11.0 Å². The highest BCUT2D eigenvalue weighted by Crippen LogP contribution is 2.23. The summed E-state index contributed by atoms with van der Waals surface area (Å²) in [6.07, 6.45) is 0. The second-order valence-corrected chi connectivity index (χ2v) is 5.95. The molecule has 0 saturated carbocycles. The second kappa shape index (κ2) is 6.90. The first kappa shape index (κ1) is 16.3. The van der Waals surface area contributed by atoms with Crippen molar-refractivity contribution in [2.45, 2.75) is 0 Å². The Labute approximate surface area is 144 Å². The Hall–Kier alpha value is -2.58. The number of hydrogen-bond donors (Lipinski definition) is 0. The summed E-state index contributed by atoms with van der Waals surface area (Å²) in [5.74, 6) is -0.986. The van der Waals surface area contributed by atoms with E-state index in [0.29, 0.717) is 31.7 Å². The van der Waals surface area contributed by atoms with Crippen molar-refractivity contribution in [3.05, 3.63) is 64.4 Å². The zero-order valence-corrected chi connectivity index (χ0v) is 13.6. The largest absolute Gasteiger partial charge is 0.368 e. The van der Waals surface area contributed by atoms with E-state index in [9.17, 15) is 9.18 Å². The Kier molecular flexibility index (Phi) is 4.68. The third-order valence-corrected chi connectivity index (χ3v) is 4.40. The highest BCUT2D eigenvalue weighted by molar-refractivity contribution is 6.33. The van der Waals surface area contributed by atoms with Gasteiger partial charge in [0.25, 0.3) is 5.91 Å². The molecule has 1 saturated heterocycles. The molecule has 2 aromatic carbocycles. The average Bonchev–Trinajstić information content (AvgIpc) is 2.61. The van der Waals surface area contributed by atoms with Gasteiger partial charge in [-0.15, -0.1) is 0 Å². The van der Waals surface area contributed by atoms with Gasteiger partial charge in [0, 0.05) is 31.9 Å². The van der Waals surface area contributed by atoms with Crippen LogP contribution in [0.1, 0.15) is 15.9 Å². The lowest BCUT2D eigenvalue weighted by atomic mass is 10.1. The first-order valence-electron chi connectivity index (χ1n) is 7.58. The molecular weight excluding hydrogens is 329 g/mol. The van der Waals surface area contributed by atoms with Crippen LogP contribution in [-0.2, 0) is 0 Å². The maximum atomic E-state index is 13.9. The summed E-state index contributed by atoms with van der Waals surface area (Å²) in [4.78, 5) is 16.2. The van der Waals surface area contributed by atoms with Crippen LogP contribution in [0.15, 0.2) is 42.5 Å². The summed E-state index contributed by atoms with van der Waals surface area (Å²) < 4.78 is 13.9. The molecule has 122 valence electrons. The van der Waals surface area contributed by atoms with Gasteiger partial charge in [-0.1, -0.05) is 23.7 Å². The van der Waals surface area contributed by atoms with Gasteiger partial charge in [0.05, 0.1) is 22.2 Å². The zero-order valence-electron chi connectivity index (χ0n) is 12.9. The van der Waals surface area contributed by atoms with Gasteiger partial charge in [-0.05, 0) is 30.3 Å². The average molecular weight is 344 g/mol. The van der Waals surface area contributed by atoms with Crippen molar-refractivity contribution in [1.82, 2.24) is 4.90 Å². The zero-order chi connectivity index (χ0) is 17.1. The molecule has 3 rings (SSSR count). The molecule has 2 aromatic rings. The Morgan fingerprint density at radius 2 is 1.83 bits per heavy atom. The van der Waals surface area contributed by atoms with Crippen LogP contribution in [0.5, 0.6) is 0 Å². The van der Waals surface area contributed by atoms with Gasteiger partial charge in [-0.3, -0.25) is 4.79 Å². The predicted octanol–water partition coefficient (Wildman–Crippen LogP) is 3.31. The van der Waals surface area contributed by atoms with Crippen molar-refractivity contribution >= 4 is 23.2 Å². The molecular formula is C18H15ClFN3O. The van der Waals surface area contributed by atoms with Crippen LogP contribution in [0.2, 0.25) is 5.02 Å². The number of benzene rings is 2. The fourth-order valence-electron chi connectivity index (χ4n) is 2.80. The summed E-state index contributed by atoms with van der Waals surface area (Å²) in [5, 5.41) is 9.11. The van der Waals surface area contributed by atoms with Crippen LogP contribution in [-0.4, -0.2) is 37.0 Å². The highest BCUT2D eigenvalue weighted by atomic mass is 35.5. The molecule has 6 heteroatoms. The standard InChI is InChI=1S/C18H15ClFN3O/c19-15-5-2-6-16(20)17(15)18(24)23-9-7-22(8-10-23)14-4-1-3-13(11-14)12-21/h1-6,11H,7-10H2.